The van der Waals surface area contributed by atoms with Crippen molar-refractivity contribution in [2.45, 2.75) is 20.8 Å². The molecule has 3 N–H and O–H groups in total. The first-order valence-corrected chi connectivity index (χ1v) is 7.10. The Labute approximate surface area is 138 Å². The van der Waals surface area contributed by atoms with Gasteiger partial charge in [0.1, 0.15) is 0 Å². The summed E-state index contributed by atoms with van der Waals surface area (Å²) < 4.78 is 0. The predicted octanol–water partition coefficient (Wildman–Crippen LogP) is 3.37. The number of aromatic carboxylic acids is 3. The fraction of sp³-hybridized carbons (Fsp3) is 0.167. The van der Waals surface area contributed by atoms with E-state index in [4.69, 9.17) is 5.11 Å². The van der Waals surface area contributed by atoms with Gasteiger partial charge in [-0.25, -0.2) is 14.4 Å². The van der Waals surface area contributed by atoms with Crippen LogP contribution in [0.15, 0.2) is 24.3 Å². The van der Waals surface area contributed by atoms with Crippen LogP contribution < -0.4 is 0 Å². The van der Waals surface area contributed by atoms with Gasteiger partial charge in [0.25, 0.3) is 0 Å². The first kappa shape index (κ1) is 17.2. The van der Waals surface area contributed by atoms with Crippen LogP contribution in [0.3, 0.4) is 0 Å². The van der Waals surface area contributed by atoms with Crippen LogP contribution >= 0.6 is 0 Å². The average Bonchev–Trinajstić information content (AvgIpc) is 2.50. The van der Waals surface area contributed by atoms with Crippen LogP contribution in [0.5, 0.6) is 0 Å². The van der Waals surface area contributed by atoms with Gasteiger partial charge in [-0.15, -0.1) is 0 Å². The monoisotopic (exact) mass is 328 g/mol. The van der Waals surface area contributed by atoms with E-state index in [1.165, 1.54) is 24.3 Å². The predicted molar refractivity (Wildman–Crippen MR) is 87.0 cm³/mol. The lowest BCUT2D eigenvalue weighted by Gasteiger charge is -2.18. The fourth-order valence-electron chi connectivity index (χ4n) is 2.88. The number of benzene rings is 2. The molecule has 0 atom stereocenters. The second-order valence-corrected chi connectivity index (χ2v) is 5.49. The molecule has 6 nitrogen and oxygen atoms in total. The summed E-state index contributed by atoms with van der Waals surface area (Å²) in [5, 5.41) is 28.0. The molecule has 0 aliphatic heterocycles. The topological polar surface area (TPSA) is 112 Å². The van der Waals surface area contributed by atoms with Gasteiger partial charge >= 0.3 is 17.9 Å². The molecule has 0 aromatic heterocycles. The van der Waals surface area contributed by atoms with E-state index in [1.807, 2.05) is 0 Å². The van der Waals surface area contributed by atoms with Crippen molar-refractivity contribution in [1.82, 2.24) is 0 Å². The Morgan fingerprint density at radius 3 is 1.54 bits per heavy atom. The third kappa shape index (κ3) is 2.74. The third-order valence-electron chi connectivity index (χ3n) is 4.16. The second-order valence-electron chi connectivity index (χ2n) is 5.49. The molecule has 0 saturated carbocycles. The zero-order valence-electron chi connectivity index (χ0n) is 13.4. The summed E-state index contributed by atoms with van der Waals surface area (Å²) in [6.45, 7) is 4.71. The molecule has 2 aromatic carbocycles. The van der Waals surface area contributed by atoms with Crippen molar-refractivity contribution in [2.75, 3.05) is 0 Å². The van der Waals surface area contributed by atoms with E-state index in [1.54, 1.807) is 20.8 Å². The van der Waals surface area contributed by atoms with Crippen molar-refractivity contribution >= 4 is 17.9 Å². The Bertz CT molecular complexity index is 862. The molecule has 6 heteroatoms. The lowest BCUT2D eigenvalue weighted by molar-refractivity contribution is 0.0679. The summed E-state index contributed by atoms with van der Waals surface area (Å²) in [6, 6.07) is 5.69. The SMILES string of the molecule is Cc1c(C)c(C(=O)O)c(-c2ccc(C(=O)O)cc2)c(C)c1C(=O)O. The van der Waals surface area contributed by atoms with Gasteiger partial charge in [0.05, 0.1) is 16.7 Å². The van der Waals surface area contributed by atoms with Crippen LogP contribution in [0.1, 0.15) is 47.8 Å². The van der Waals surface area contributed by atoms with Crippen LogP contribution in [-0.4, -0.2) is 33.2 Å². The largest absolute Gasteiger partial charge is 0.478 e. The van der Waals surface area contributed by atoms with Crippen LogP contribution in [0.25, 0.3) is 11.1 Å². The van der Waals surface area contributed by atoms with E-state index >= 15 is 0 Å². The number of hydrogen-bond donors (Lipinski definition) is 3. The standard InChI is InChI=1S/C18H16O6/c1-8-9(2)15(18(23)24)14(10(3)13(8)17(21)22)11-4-6-12(7-5-11)16(19)20/h4-7H,1-3H3,(H,19,20)(H,21,22)(H,23,24). The molecule has 0 aliphatic rings. The van der Waals surface area contributed by atoms with Gasteiger partial charge in [0, 0.05) is 5.56 Å². The molecule has 0 fully saturated rings. The number of carbonyl (C=O) groups is 3. The van der Waals surface area contributed by atoms with E-state index in [0.29, 0.717) is 27.8 Å². The van der Waals surface area contributed by atoms with Gasteiger partial charge in [-0.1, -0.05) is 12.1 Å². The summed E-state index contributed by atoms with van der Waals surface area (Å²) in [4.78, 5) is 34.3. The molecule has 124 valence electrons. The summed E-state index contributed by atoms with van der Waals surface area (Å²) in [5.74, 6) is -3.38. The number of rotatable bonds is 4. The Morgan fingerprint density at radius 1 is 0.667 bits per heavy atom. The molecule has 0 radical (unpaired) electrons. The molecular formula is C18H16O6. The van der Waals surface area contributed by atoms with Gasteiger partial charge in [-0.2, -0.15) is 0 Å². The van der Waals surface area contributed by atoms with Crippen molar-refractivity contribution in [1.29, 1.82) is 0 Å². The maximum Gasteiger partial charge on any atom is 0.336 e. The Kier molecular flexibility index (Phi) is 4.41. The van der Waals surface area contributed by atoms with E-state index in [9.17, 15) is 24.6 Å². The highest BCUT2D eigenvalue weighted by Gasteiger charge is 2.25. The van der Waals surface area contributed by atoms with E-state index in [2.05, 4.69) is 0 Å². The number of carboxylic acid groups (broad SMARTS) is 3. The minimum Gasteiger partial charge on any atom is -0.478 e. The van der Waals surface area contributed by atoms with Gasteiger partial charge < -0.3 is 15.3 Å². The van der Waals surface area contributed by atoms with Crippen LogP contribution in [-0.2, 0) is 0 Å². The highest BCUT2D eigenvalue weighted by Crippen LogP contribution is 2.35. The molecule has 0 aliphatic carbocycles. The van der Waals surface area contributed by atoms with Gasteiger partial charge in [0.15, 0.2) is 0 Å². The Morgan fingerprint density at radius 2 is 1.12 bits per heavy atom. The van der Waals surface area contributed by atoms with Gasteiger partial charge in [0.2, 0.25) is 0 Å². The average molecular weight is 328 g/mol. The molecule has 0 spiro atoms. The minimum absolute atomic E-state index is 0.0260. The Hall–Kier alpha value is -3.15. The molecule has 0 heterocycles. The Balaban J connectivity index is 2.87. The van der Waals surface area contributed by atoms with Crippen molar-refractivity contribution in [3.63, 3.8) is 0 Å². The summed E-state index contributed by atoms with van der Waals surface area (Å²) in [6.07, 6.45) is 0. The molecule has 0 amide bonds. The molecule has 2 aromatic rings. The summed E-state index contributed by atoms with van der Waals surface area (Å²) in [7, 11) is 0. The van der Waals surface area contributed by atoms with E-state index < -0.39 is 17.9 Å². The molecule has 0 unspecified atom stereocenters. The van der Waals surface area contributed by atoms with Crippen molar-refractivity contribution in [3.05, 3.63) is 57.6 Å². The molecule has 24 heavy (non-hydrogen) atoms. The first-order chi connectivity index (χ1) is 11.2. The van der Waals surface area contributed by atoms with E-state index in [0.717, 1.165) is 0 Å². The van der Waals surface area contributed by atoms with Crippen molar-refractivity contribution < 1.29 is 29.7 Å². The minimum atomic E-state index is -1.16. The smallest absolute Gasteiger partial charge is 0.336 e. The molecule has 2 rings (SSSR count). The lowest BCUT2D eigenvalue weighted by atomic mass is 9.85. The van der Waals surface area contributed by atoms with Gasteiger partial charge in [-0.3, -0.25) is 0 Å². The zero-order chi connectivity index (χ0) is 18.2. The maximum atomic E-state index is 11.7. The molecule has 0 saturated heterocycles. The number of hydrogen-bond acceptors (Lipinski definition) is 3. The number of carboxylic acids is 3. The summed E-state index contributed by atoms with van der Waals surface area (Å²) in [5.41, 5.74) is 2.03. The third-order valence-corrected chi connectivity index (χ3v) is 4.16. The highest BCUT2D eigenvalue weighted by molar-refractivity contribution is 6.04. The van der Waals surface area contributed by atoms with Gasteiger partial charge in [-0.05, 0) is 55.2 Å². The van der Waals surface area contributed by atoms with Crippen LogP contribution in [0.4, 0.5) is 0 Å². The molecular weight excluding hydrogens is 312 g/mol. The van der Waals surface area contributed by atoms with E-state index in [-0.39, 0.29) is 16.7 Å². The zero-order valence-corrected chi connectivity index (χ0v) is 13.4. The van der Waals surface area contributed by atoms with Crippen molar-refractivity contribution in [3.8, 4) is 11.1 Å². The first-order valence-electron chi connectivity index (χ1n) is 7.10. The van der Waals surface area contributed by atoms with Crippen molar-refractivity contribution in [2.24, 2.45) is 0 Å². The van der Waals surface area contributed by atoms with Crippen LogP contribution in [0.2, 0.25) is 0 Å². The quantitative estimate of drug-likeness (QED) is 0.793. The second kappa shape index (κ2) is 6.16. The van der Waals surface area contributed by atoms with Crippen LogP contribution in [0, 0.1) is 20.8 Å². The maximum absolute atomic E-state index is 11.7. The highest BCUT2D eigenvalue weighted by atomic mass is 16.4. The molecule has 0 bridgehead atoms. The lowest BCUT2D eigenvalue weighted by Crippen LogP contribution is -2.13. The summed E-state index contributed by atoms with van der Waals surface area (Å²) >= 11 is 0. The normalized spacial score (nSPS) is 10.5. The fourth-order valence-corrected chi connectivity index (χ4v) is 2.88.